The third-order valence-electron chi connectivity index (χ3n) is 3.70. The molecule has 6 nitrogen and oxygen atoms in total. The van der Waals surface area contributed by atoms with Gasteiger partial charge in [0.1, 0.15) is 5.69 Å². The number of hydrogen-bond acceptors (Lipinski definition) is 5. The molecule has 0 unspecified atom stereocenters. The third kappa shape index (κ3) is 3.81. The lowest BCUT2D eigenvalue weighted by Crippen LogP contribution is -2.03. The van der Waals surface area contributed by atoms with E-state index in [-0.39, 0.29) is 18.5 Å². The van der Waals surface area contributed by atoms with Gasteiger partial charge in [-0.1, -0.05) is 23.2 Å². The van der Waals surface area contributed by atoms with Crippen LogP contribution in [-0.2, 0) is 16.0 Å². The Kier molecular flexibility index (Phi) is 5.44. The number of aromatic hydroxyl groups is 1. The number of carbonyl (C=O) groups is 1. The zero-order valence-corrected chi connectivity index (χ0v) is 15.3. The number of esters is 1. The Morgan fingerprint density at radius 2 is 2.08 bits per heavy atom. The number of hydrogen-bond donors (Lipinski definition) is 1. The lowest BCUT2D eigenvalue weighted by atomic mass is 10.1. The van der Waals surface area contributed by atoms with E-state index in [1.54, 1.807) is 36.7 Å². The van der Waals surface area contributed by atoms with Gasteiger partial charge in [-0.15, -0.1) is 0 Å². The normalized spacial score (nSPS) is 10.7. The van der Waals surface area contributed by atoms with Crippen LogP contribution in [0.5, 0.6) is 5.88 Å². The molecule has 0 bridgehead atoms. The quantitative estimate of drug-likeness (QED) is 0.663. The number of benzene rings is 1. The SMILES string of the molecule is CC(=O)OCCc1c(-c2cccnc2)nn(-c2ccc(Cl)c(Cl)c2)c1O. The molecule has 2 heterocycles. The monoisotopic (exact) mass is 391 g/mol. The van der Waals surface area contributed by atoms with Gasteiger partial charge in [-0.3, -0.25) is 9.78 Å². The highest BCUT2D eigenvalue weighted by Gasteiger charge is 2.20. The Morgan fingerprint density at radius 3 is 2.73 bits per heavy atom. The summed E-state index contributed by atoms with van der Waals surface area (Å²) in [5.41, 5.74) is 2.39. The van der Waals surface area contributed by atoms with Crippen molar-refractivity contribution in [1.29, 1.82) is 0 Å². The van der Waals surface area contributed by atoms with Crippen molar-refractivity contribution in [3.63, 3.8) is 0 Å². The first-order valence-corrected chi connectivity index (χ1v) is 8.53. The second kappa shape index (κ2) is 7.76. The van der Waals surface area contributed by atoms with Crippen LogP contribution in [0.4, 0.5) is 0 Å². The minimum absolute atomic E-state index is 0.0607. The number of aromatic nitrogens is 3. The number of rotatable bonds is 5. The van der Waals surface area contributed by atoms with Crippen molar-refractivity contribution >= 4 is 29.2 Å². The van der Waals surface area contributed by atoms with Gasteiger partial charge in [0, 0.05) is 36.9 Å². The highest BCUT2D eigenvalue weighted by molar-refractivity contribution is 6.42. The molecule has 26 heavy (non-hydrogen) atoms. The second-order valence-corrected chi connectivity index (χ2v) is 6.31. The molecule has 2 aromatic heterocycles. The number of carbonyl (C=O) groups excluding carboxylic acids is 1. The average Bonchev–Trinajstić information content (AvgIpc) is 2.95. The van der Waals surface area contributed by atoms with Crippen LogP contribution in [0.25, 0.3) is 16.9 Å². The topological polar surface area (TPSA) is 77.2 Å². The number of ether oxygens (including phenoxy) is 1. The molecule has 8 heteroatoms. The molecule has 1 aromatic carbocycles. The molecule has 0 spiro atoms. The van der Waals surface area contributed by atoms with Crippen molar-refractivity contribution in [2.24, 2.45) is 0 Å². The summed E-state index contributed by atoms with van der Waals surface area (Å²) in [6.07, 6.45) is 3.60. The molecule has 0 radical (unpaired) electrons. The van der Waals surface area contributed by atoms with Crippen molar-refractivity contribution in [3.05, 3.63) is 58.3 Å². The average molecular weight is 392 g/mol. The molecule has 0 saturated carbocycles. The maximum Gasteiger partial charge on any atom is 0.302 e. The summed E-state index contributed by atoms with van der Waals surface area (Å²) in [4.78, 5) is 15.1. The Labute approximate surface area is 160 Å². The molecule has 0 fully saturated rings. The summed E-state index contributed by atoms with van der Waals surface area (Å²) in [6.45, 7) is 1.46. The number of pyridine rings is 1. The minimum atomic E-state index is -0.385. The molecule has 1 N–H and O–H groups in total. The zero-order chi connectivity index (χ0) is 18.7. The highest BCUT2D eigenvalue weighted by atomic mass is 35.5. The Hall–Kier alpha value is -2.57. The van der Waals surface area contributed by atoms with E-state index in [9.17, 15) is 9.90 Å². The maximum atomic E-state index is 11.0. The fourth-order valence-electron chi connectivity index (χ4n) is 2.50. The smallest absolute Gasteiger partial charge is 0.302 e. The summed E-state index contributed by atoms with van der Waals surface area (Å²) >= 11 is 12.0. The molecule has 0 aliphatic heterocycles. The number of nitrogens with zero attached hydrogens (tertiary/aromatic N) is 3. The van der Waals surface area contributed by atoms with Crippen LogP contribution in [-0.4, -0.2) is 32.4 Å². The van der Waals surface area contributed by atoms with Gasteiger partial charge in [0.05, 0.1) is 22.3 Å². The van der Waals surface area contributed by atoms with E-state index >= 15 is 0 Å². The first kappa shape index (κ1) is 18.2. The Balaban J connectivity index is 2.07. The van der Waals surface area contributed by atoms with E-state index in [4.69, 9.17) is 27.9 Å². The summed E-state index contributed by atoms with van der Waals surface area (Å²) in [5.74, 6) is -0.446. The molecule has 134 valence electrons. The van der Waals surface area contributed by atoms with E-state index in [2.05, 4.69) is 10.1 Å². The highest BCUT2D eigenvalue weighted by Crippen LogP contribution is 2.33. The second-order valence-electron chi connectivity index (χ2n) is 5.49. The van der Waals surface area contributed by atoms with Crippen LogP contribution in [0.15, 0.2) is 42.7 Å². The standard InChI is InChI=1S/C18H15Cl2N3O3/c1-11(24)26-8-6-14-17(12-3-2-7-21-10-12)22-23(18(14)25)13-4-5-15(19)16(20)9-13/h2-5,7,9-10,25H,6,8H2,1H3. The van der Waals surface area contributed by atoms with E-state index in [0.717, 1.165) is 5.56 Å². The van der Waals surface area contributed by atoms with Crippen LogP contribution >= 0.6 is 23.2 Å². The summed E-state index contributed by atoms with van der Waals surface area (Å²) < 4.78 is 6.37. The molecule has 0 saturated heterocycles. The summed E-state index contributed by atoms with van der Waals surface area (Å²) in [6, 6.07) is 8.55. The maximum absolute atomic E-state index is 11.0. The van der Waals surface area contributed by atoms with Crippen LogP contribution in [0.3, 0.4) is 0 Å². The predicted molar refractivity (Wildman–Crippen MR) is 98.8 cm³/mol. The molecule has 3 aromatic rings. The first-order valence-electron chi connectivity index (χ1n) is 7.77. The molecule has 0 atom stereocenters. The van der Waals surface area contributed by atoms with Gasteiger partial charge in [-0.2, -0.15) is 5.10 Å². The molecule has 0 amide bonds. The fourth-order valence-corrected chi connectivity index (χ4v) is 2.79. The van der Waals surface area contributed by atoms with Crippen LogP contribution in [0.2, 0.25) is 10.0 Å². The Morgan fingerprint density at radius 1 is 1.27 bits per heavy atom. The van der Waals surface area contributed by atoms with E-state index < -0.39 is 0 Å². The third-order valence-corrected chi connectivity index (χ3v) is 4.44. The Bertz CT molecular complexity index is 942. The van der Waals surface area contributed by atoms with E-state index in [0.29, 0.717) is 33.4 Å². The van der Waals surface area contributed by atoms with E-state index in [1.165, 1.54) is 11.6 Å². The molecule has 0 aliphatic carbocycles. The summed E-state index contributed by atoms with van der Waals surface area (Å²) in [7, 11) is 0. The lowest BCUT2D eigenvalue weighted by molar-refractivity contribution is -0.140. The van der Waals surface area contributed by atoms with Crippen LogP contribution in [0.1, 0.15) is 12.5 Å². The van der Waals surface area contributed by atoms with Crippen molar-refractivity contribution in [2.45, 2.75) is 13.3 Å². The van der Waals surface area contributed by atoms with Gasteiger partial charge in [0.2, 0.25) is 5.88 Å². The van der Waals surface area contributed by atoms with Crippen molar-refractivity contribution in [1.82, 2.24) is 14.8 Å². The largest absolute Gasteiger partial charge is 0.493 e. The molecule has 0 aliphatic rings. The summed E-state index contributed by atoms with van der Waals surface area (Å²) in [5, 5.41) is 16.0. The van der Waals surface area contributed by atoms with Gasteiger partial charge in [-0.25, -0.2) is 4.68 Å². The van der Waals surface area contributed by atoms with Crippen molar-refractivity contribution in [3.8, 4) is 22.8 Å². The van der Waals surface area contributed by atoms with Gasteiger partial charge in [-0.05, 0) is 30.3 Å². The first-order chi connectivity index (χ1) is 12.5. The number of halogens is 2. The van der Waals surface area contributed by atoms with Gasteiger partial charge >= 0.3 is 5.97 Å². The van der Waals surface area contributed by atoms with Gasteiger partial charge in [0.25, 0.3) is 0 Å². The van der Waals surface area contributed by atoms with Crippen LogP contribution in [0, 0.1) is 0 Å². The van der Waals surface area contributed by atoms with Gasteiger partial charge in [0.15, 0.2) is 0 Å². The zero-order valence-electron chi connectivity index (χ0n) is 13.8. The van der Waals surface area contributed by atoms with Crippen molar-refractivity contribution in [2.75, 3.05) is 6.61 Å². The van der Waals surface area contributed by atoms with E-state index in [1.807, 2.05) is 6.07 Å². The minimum Gasteiger partial charge on any atom is -0.493 e. The predicted octanol–water partition coefficient (Wildman–Crippen LogP) is 4.05. The molecular weight excluding hydrogens is 377 g/mol. The van der Waals surface area contributed by atoms with Crippen molar-refractivity contribution < 1.29 is 14.6 Å². The molecular formula is C18H15Cl2N3O3. The fraction of sp³-hybridized carbons (Fsp3) is 0.167. The molecule has 3 rings (SSSR count). The van der Waals surface area contributed by atoms with Gasteiger partial charge < -0.3 is 9.84 Å². The lowest BCUT2D eigenvalue weighted by Gasteiger charge is -2.05. The van der Waals surface area contributed by atoms with Crippen LogP contribution < -0.4 is 0 Å².